The fourth-order valence-corrected chi connectivity index (χ4v) is 2.98. The minimum atomic E-state index is -0.390. The molecule has 0 fully saturated rings. The number of fused-ring (bicyclic) bond motifs is 1. The number of aromatic nitrogens is 1. The first-order chi connectivity index (χ1) is 9.01. The Kier molecular flexibility index (Phi) is 4.27. The highest BCUT2D eigenvalue weighted by Crippen LogP contribution is 2.33. The van der Waals surface area contributed by atoms with Gasteiger partial charge in [-0.1, -0.05) is 6.92 Å². The molecule has 0 radical (unpaired) electrons. The van der Waals surface area contributed by atoms with Crippen molar-refractivity contribution in [2.45, 2.75) is 24.0 Å². The van der Waals surface area contributed by atoms with Crippen molar-refractivity contribution in [2.75, 3.05) is 5.88 Å². The summed E-state index contributed by atoms with van der Waals surface area (Å²) in [6, 6.07) is 6.69. The van der Waals surface area contributed by atoms with Gasteiger partial charge in [0.2, 0.25) is 0 Å². The van der Waals surface area contributed by atoms with E-state index in [1.807, 2.05) is 19.9 Å². The number of nitro benzene ring substituents is 1. The zero-order chi connectivity index (χ0) is 14.0. The second kappa shape index (κ2) is 5.75. The lowest BCUT2D eigenvalue weighted by Gasteiger charge is -2.11. The molecule has 1 unspecified atom stereocenters. The summed E-state index contributed by atoms with van der Waals surface area (Å²) in [6.07, 6.45) is 0. The monoisotopic (exact) mass is 296 g/mol. The predicted octanol–water partition coefficient (Wildman–Crippen LogP) is 4.17. The van der Waals surface area contributed by atoms with Crippen LogP contribution >= 0.6 is 23.4 Å². The van der Waals surface area contributed by atoms with Gasteiger partial charge in [-0.25, -0.2) is 0 Å². The van der Waals surface area contributed by atoms with Gasteiger partial charge >= 0.3 is 0 Å². The van der Waals surface area contributed by atoms with Crippen molar-refractivity contribution in [2.24, 2.45) is 0 Å². The predicted molar refractivity (Wildman–Crippen MR) is 79.2 cm³/mol. The molecule has 19 heavy (non-hydrogen) atoms. The third-order valence-corrected chi connectivity index (χ3v) is 4.45. The topological polar surface area (TPSA) is 56.0 Å². The number of thioether (sulfide) groups is 1. The number of alkyl halides is 1. The summed E-state index contributed by atoms with van der Waals surface area (Å²) in [5.74, 6) is 0.530. The third kappa shape index (κ3) is 3.16. The lowest BCUT2D eigenvalue weighted by atomic mass is 10.2. The minimum Gasteiger partial charge on any atom is -0.258 e. The van der Waals surface area contributed by atoms with Crippen molar-refractivity contribution < 1.29 is 4.92 Å². The molecule has 0 aliphatic rings. The van der Waals surface area contributed by atoms with Gasteiger partial charge in [0.05, 0.1) is 10.4 Å². The van der Waals surface area contributed by atoms with Crippen LogP contribution in [0.25, 0.3) is 10.9 Å². The Labute approximate surface area is 120 Å². The first kappa shape index (κ1) is 14.1. The van der Waals surface area contributed by atoms with E-state index < -0.39 is 4.92 Å². The Morgan fingerprint density at radius 2 is 2.21 bits per heavy atom. The highest BCUT2D eigenvalue weighted by atomic mass is 35.5. The Morgan fingerprint density at radius 3 is 2.84 bits per heavy atom. The van der Waals surface area contributed by atoms with E-state index in [9.17, 15) is 10.1 Å². The molecule has 0 N–H and O–H groups in total. The maximum atomic E-state index is 10.9. The summed E-state index contributed by atoms with van der Waals surface area (Å²) < 4.78 is 0. The Bertz CT molecular complexity index is 633. The third-order valence-electron chi connectivity index (χ3n) is 2.64. The number of nitrogens with zero attached hydrogens (tertiary/aromatic N) is 2. The molecular weight excluding hydrogens is 284 g/mol. The fourth-order valence-electron chi connectivity index (χ4n) is 1.77. The molecule has 6 heteroatoms. The smallest absolute Gasteiger partial charge is 0.258 e. The second-order valence-corrected chi connectivity index (χ2v) is 6.09. The molecule has 1 atom stereocenters. The molecular formula is C13H13ClN2O2S. The molecule has 0 amide bonds. The van der Waals surface area contributed by atoms with Gasteiger partial charge in [0.15, 0.2) is 0 Å². The number of hydrogen-bond donors (Lipinski definition) is 0. The molecule has 0 aliphatic carbocycles. The minimum absolute atomic E-state index is 0.0820. The number of hydrogen-bond acceptors (Lipinski definition) is 4. The molecule has 1 aromatic heterocycles. The van der Waals surface area contributed by atoms with E-state index in [1.165, 1.54) is 6.07 Å². The second-order valence-electron chi connectivity index (χ2n) is 4.30. The van der Waals surface area contributed by atoms with Crippen molar-refractivity contribution in [3.05, 3.63) is 40.1 Å². The molecule has 2 rings (SSSR count). The number of pyridine rings is 1. The number of non-ortho nitro benzene ring substituents is 1. The van der Waals surface area contributed by atoms with Crippen LogP contribution in [-0.4, -0.2) is 21.0 Å². The first-order valence-corrected chi connectivity index (χ1v) is 7.21. The SMILES string of the molecule is Cc1cc(SC(C)CCl)c2cc([N+](=O)[O-])ccc2n1. The van der Waals surface area contributed by atoms with Gasteiger partial charge in [-0.05, 0) is 19.1 Å². The summed E-state index contributed by atoms with van der Waals surface area (Å²) in [4.78, 5) is 15.9. The van der Waals surface area contributed by atoms with Crippen LogP contribution in [-0.2, 0) is 0 Å². The van der Waals surface area contributed by atoms with Crippen LogP contribution in [0.15, 0.2) is 29.2 Å². The van der Waals surface area contributed by atoms with Crippen molar-refractivity contribution in [3.8, 4) is 0 Å². The molecule has 1 aromatic carbocycles. The normalized spacial score (nSPS) is 12.6. The van der Waals surface area contributed by atoms with Crippen LogP contribution < -0.4 is 0 Å². The van der Waals surface area contributed by atoms with E-state index in [1.54, 1.807) is 23.9 Å². The summed E-state index contributed by atoms with van der Waals surface area (Å²) in [5, 5.41) is 11.9. The molecule has 4 nitrogen and oxygen atoms in total. The maximum Gasteiger partial charge on any atom is 0.270 e. The number of rotatable bonds is 4. The van der Waals surface area contributed by atoms with Gasteiger partial charge in [0.1, 0.15) is 0 Å². The molecule has 0 saturated heterocycles. The lowest BCUT2D eigenvalue weighted by Crippen LogP contribution is -1.98. The zero-order valence-corrected chi connectivity index (χ0v) is 12.2. The van der Waals surface area contributed by atoms with Gasteiger partial charge in [0.25, 0.3) is 5.69 Å². The van der Waals surface area contributed by atoms with Gasteiger partial charge in [-0.3, -0.25) is 15.1 Å². The maximum absolute atomic E-state index is 10.9. The lowest BCUT2D eigenvalue weighted by molar-refractivity contribution is -0.384. The van der Waals surface area contributed by atoms with Crippen LogP contribution in [0, 0.1) is 17.0 Å². The molecule has 2 aromatic rings. The summed E-state index contributed by atoms with van der Waals surface area (Å²) in [7, 11) is 0. The summed E-state index contributed by atoms with van der Waals surface area (Å²) in [6.45, 7) is 3.94. The van der Waals surface area contributed by atoms with E-state index >= 15 is 0 Å². The molecule has 1 heterocycles. The van der Waals surface area contributed by atoms with Crippen LogP contribution in [0.2, 0.25) is 0 Å². The average Bonchev–Trinajstić information content (AvgIpc) is 2.37. The highest BCUT2D eigenvalue weighted by molar-refractivity contribution is 8.00. The van der Waals surface area contributed by atoms with E-state index in [0.29, 0.717) is 5.88 Å². The molecule has 0 spiro atoms. The zero-order valence-electron chi connectivity index (χ0n) is 10.6. The standard InChI is InChI=1S/C13H13ClN2O2S/c1-8-5-13(19-9(2)7-14)11-6-10(16(17)18)3-4-12(11)15-8/h3-6,9H,7H2,1-2H3. The first-order valence-electron chi connectivity index (χ1n) is 5.79. The quantitative estimate of drug-likeness (QED) is 0.368. The molecule has 0 bridgehead atoms. The van der Waals surface area contributed by atoms with E-state index in [-0.39, 0.29) is 10.9 Å². The van der Waals surface area contributed by atoms with Crippen molar-refractivity contribution in [1.82, 2.24) is 4.98 Å². The molecule has 0 aliphatic heterocycles. The van der Waals surface area contributed by atoms with Crippen LogP contribution in [0.1, 0.15) is 12.6 Å². The van der Waals surface area contributed by atoms with Crippen molar-refractivity contribution >= 4 is 40.0 Å². The molecule has 100 valence electrons. The van der Waals surface area contributed by atoms with Crippen molar-refractivity contribution in [1.29, 1.82) is 0 Å². The van der Waals surface area contributed by atoms with Crippen LogP contribution in [0.4, 0.5) is 5.69 Å². The number of halogens is 1. The largest absolute Gasteiger partial charge is 0.270 e. The number of aryl methyl sites for hydroxylation is 1. The summed E-state index contributed by atoms with van der Waals surface area (Å²) >= 11 is 7.44. The Hall–Kier alpha value is -1.33. The van der Waals surface area contributed by atoms with Crippen molar-refractivity contribution in [3.63, 3.8) is 0 Å². The van der Waals surface area contributed by atoms with E-state index in [0.717, 1.165) is 21.5 Å². The number of nitro groups is 1. The summed E-state index contributed by atoms with van der Waals surface area (Å²) in [5.41, 5.74) is 1.75. The highest BCUT2D eigenvalue weighted by Gasteiger charge is 2.13. The van der Waals surface area contributed by atoms with Gasteiger partial charge < -0.3 is 0 Å². The van der Waals surface area contributed by atoms with Crippen LogP contribution in [0.5, 0.6) is 0 Å². The average molecular weight is 297 g/mol. The Balaban J connectivity index is 2.59. The Morgan fingerprint density at radius 1 is 1.47 bits per heavy atom. The van der Waals surface area contributed by atoms with Gasteiger partial charge in [-0.2, -0.15) is 0 Å². The molecule has 0 saturated carbocycles. The van der Waals surface area contributed by atoms with Gasteiger partial charge in [0, 0.05) is 39.2 Å². The van der Waals surface area contributed by atoms with Crippen LogP contribution in [0.3, 0.4) is 0 Å². The van der Waals surface area contributed by atoms with E-state index in [4.69, 9.17) is 11.6 Å². The fraction of sp³-hybridized carbons (Fsp3) is 0.308. The van der Waals surface area contributed by atoms with E-state index in [2.05, 4.69) is 4.98 Å². The number of benzene rings is 1. The van der Waals surface area contributed by atoms with Gasteiger partial charge in [-0.15, -0.1) is 23.4 Å².